The molecule has 1 nitrogen and oxygen atoms in total. The number of rotatable bonds is 1. The second kappa shape index (κ2) is 5.24. The standard InChI is InChI=1S/C5H9BF3O.K/c7-6(8,9)5-3-1-2-4-10-5;/h5H,1-4H2;/q-1;+1/t5-;/m1./s1. The molecule has 0 bridgehead atoms. The van der Waals surface area contributed by atoms with Gasteiger partial charge in [-0.3, -0.25) is 0 Å². The zero-order chi connectivity index (χ0) is 7.61. The van der Waals surface area contributed by atoms with E-state index in [4.69, 9.17) is 0 Å². The Morgan fingerprint density at radius 1 is 1.18 bits per heavy atom. The fourth-order valence-corrected chi connectivity index (χ4v) is 1.06. The first-order valence-corrected chi connectivity index (χ1v) is 3.42. The molecule has 0 unspecified atom stereocenters. The Hall–Kier alpha value is 1.45. The molecule has 1 aliphatic rings. The van der Waals surface area contributed by atoms with Crippen LogP contribution in [0, 0.1) is 0 Å². The molecule has 0 aromatic rings. The molecule has 0 spiro atoms. The second-order valence-electron chi connectivity index (χ2n) is 2.53. The van der Waals surface area contributed by atoms with E-state index in [9.17, 15) is 12.9 Å². The van der Waals surface area contributed by atoms with Gasteiger partial charge in [0.25, 0.3) is 0 Å². The topological polar surface area (TPSA) is 9.23 Å². The predicted molar refractivity (Wildman–Crippen MR) is 32.7 cm³/mol. The molecule has 1 rings (SSSR count). The normalized spacial score (nSPS) is 25.9. The minimum atomic E-state index is -4.75. The third-order valence-corrected chi connectivity index (χ3v) is 1.64. The van der Waals surface area contributed by atoms with Crippen LogP contribution in [0.3, 0.4) is 0 Å². The van der Waals surface area contributed by atoms with Crippen LogP contribution < -0.4 is 51.4 Å². The van der Waals surface area contributed by atoms with E-state index in [1.807, 2.05) is 0 Å². The average Bonchev–Trinajstić information content (AvgIpc) is 1.88. The van der Waals surface area contributed by atoms with Gasteiger partial charge in [0.15, 0.2) is 0 Å². The molecule has 0 N–H and O–H groups in total. The van der Waals surface area contributed by atoms with Gasteiger partial charge in [-0.05, 0) is 6.42 Å². The largest absolute Gasteiger partial charge is 1.00 e. The maximum Gasteiger partial charge on any atom is 1.00 e. The number of ether oxygens (including phenoxy) is 1. The average molecular weight is 192 g/mol. The van der Waals surface area contributed by atoms with E-state index in [1.54, 1.807) is 0 Å². The Morgan fingerprint density at radius 2 is 1.82 bits per heavy atom. The van der Waals surface area contributed by atoms with Crippen LogP contribution in [0.15, 0.2) is 0 Å². The second-order valence-corrected chi connectivity index (χ2v) is 2.53. The summed E-state index contributed by atoms with van der Waals surface area (Å²) >= 11 is 0. The van der Waals surface area contributed by atoms with Crippen molar-refractivity contribution >= 4 is 6.98 Å². The summed E-state index contributed by atoms with van der Waals surface area (Å²) in [4.78, 5) is 0. The minimum Gasteiger partial charge on any atom is -0.447 e. The van der Waals surface area contributed by atoms with Gasteiger partial charge in [-0.25, -0.2) is 0 Å². The van der Waals surface area contributed by atoms with Crippen LogP contribution in [0.1, 0.15) is 19.3 Å². The quantitative estimate of drug-likeness (QED) is 0.481. The number of hydrogen-bond acceptors (Lipinski definition) is 1. The van der Waals surface area contributed by atoms with Crippen molar-refractivity contribution in [3.8, 4) is 0 Å². The van der Waals surface area contributed by atoms with Gasteiger partial charge in [0, 0.05) is 12.6 Å². The number of hydrogen-bond donors (Lipinski definition) is 0. The van der Waals surface area contributed by atoms with Gasteiger partial charge in [0.1, 0.15) is 0 Å². The molecule has 11 heavy (non-hydrogen) atoms. The molecule has 1 saturated heterocycles. The molecule has 6 heteroatoms. The summed E-state index contributed by atoms with van der Waals surface area (Å²) in [7, 11) is 0. The summed E-state index contributed by atoms with van der Waals surface area (Å²) in [6.07, 6.45) is 1.57. The third-order valence-electron chi connectivity index (χ3n) is 1.64. The van der Waals surface area contributed by atoms with Crippen molar-refractivity contribution in [2.45, 2.75) is 25.3 Å². The first-order valence-electron chi connectivity index (χ1n) is 3.42. The molecule has 0 aromatic heterocycles. The van der Waals surface area contributed by atoms with Crippen molar-refractivity contribution in [3.05, 3.63) is 0 Å². The van der Waals surface area contributed by atoms with Crippen molar-refractivity contribution in [1.82, 2.24) is 0 Å². The Bertz CT molecular complexity index is 113. The molecule has 0 saturated carbocycles. The smallest absolute Gasteiger partial charge is 0.447 e. The zero-order valence-electron chi connectivity index (χ0n) is 6.53. The van der Waals surface area contributed by atoms with E-state index in [0.717, 1.165) is 6.42 Å². The van der Waals surface area contributed by atoms with Crippen LogP contribution in [0.2, 0.25) is 0 Å². The molecule has 0 aromatic carbocycles. The maximum atomic E-state index is 11.9. The first kappa shape index (κ1) is 12.5. The summed E-state index contributed by atoms with van der Waals surface area (Å²) in [6, 6.07) is -1.44. The molecule has 60 valence electrons. The Labute approximate surface area is 107 Å². The molecular formula is C5H9BF3KO. The summed E-state index contributed by atoms with van der Waals surface area (Å²) in [5.41, 5.74) is 0. The van der Waals surface area contributed by atoms with Gasteiger partial charge in [0.05, 0.1) is 0 Å². The summed E-state index contributed by atoms with van der Waals surface area (Å²) < 4.78 is 40.2. The Morgan fingerprint density at radius 3 is 2.09 bits per heavy atom. The molecular weight excluding hydrogens is 183 g/mol. The van der Waals surface area contributed by atoms with Gasteiger partial charge in [-0.1, -0.05) is 12.8 Å². The van der Waals surface area contributed by atoms with E-state index in [1.165, 1.54) is 0 Å². The molecule has 1 aliphatic heterocycles. The van der Waals surface area contributed by atoms with E-state index < -0.39 is 13.0 Å². The number of halogens is 3. The molecule has 0 radical (unpaired) electrons. The van der Waals surface area contributed by atoms with Crippen molar-refractivity contribution in [3.63, 3.8) is 0 Å². The molecule has 1 heterocycles. The maximum absolute atomic E-state index is 11.9. The van der Waals surface area contributed by atoms with Gasteiger partial charge >= 0.3 is 58.4 Å². The predicted octanol–water partition coefficient (Wildman–Crippen LogP) is -1.05. The van der Waals surface area contributed by atoms with Crippen LogP contribution in [0.5, 0.6) is 0 Å². The van der Waals surface area contributed by atoms with Crippen LogP contribution >= 0.6 is 0 Å². The van der Waals surface area contributed by atoms with E-state index in [-0.39, 0.29) is 64.4 Å². The van der Waals surface area contributed by atoms with Crippen LogP contribution in [-0.2, 0) is 4.74 Å². The third kappa shape index (κ3) is 4.28. The Balaban J connectivity index is 0.000001000. The van der Waals surface area contributed by atoms with Gasteiger partial charge in [-0.15, -0.1) is 0 Å². The zero-order valence-corrected chi connectivity index (χ0v) is 9.65. The van der Waals surface area contributed by atoms with Gasteiger partial charge in [0.2, 0.25) is 0 Å². The fourth-order valence-electron chi connectivity index (χ4n) is 1.06. The van der Waals surface area contributed by atoms with Gasteiger partial charge in [-0.2, -0.15) is 0 Å². The van der Waals surface area contributed by atoms with Crippen LogP contribution in [0.25, 0.3) is 0 Å². The summed E-state index contributed by atoms with van der Waals surface area (Å²) in [5.74, 6) is 0. The molecule has 0 aliphatic carbocycles. The molecule has 0 amide bonds. The fraction of sp³-hybridized carbons (Fsp3) is 1.00. The SMILES string of the molecule is F[B-](F)(F)[C@H]1CCCCO1.[K+]. The minimum absolute atomic E-state index is 0. The van der Waals surface area contributed by atoms with Crippen molar-refractivity contribution in [1.29, 1.82) is 0 Å². The van der Waals surface area contributed by atoms with E-state index >= 15 is 0 Å². The molecule has 1 atom stereocenters. The van der Waals surface area contributed by atoms with Crippen LogP contribution in [0.4, 0.5) is 12.9 Å². The summed E-state index contributed by atoms with van der Waals surface area (Å²) in [6.45, 7) is -4.48. The van der Waals surface area contributed by atoms with Crippen molar-refractivity contribution < 1.29 is 69.1 Å². The Kier molecular flexibility index (Phi) is 5.93. The van der Waals surface area contributed by atoms with E-state index in [2.05, 4.69) is 4.74 Å². The van der Waals surface area contributed by atoms with E-state index in [0.29, 0.717) is 6.42 Å². The monoisotopic (exact) mass is 192 g/mol. The first-order chi connectivity index (χ1) is 4.61. The molecule has 1 fully saturated rings. The van der Waals surface area contributed by atoms with Gasteiger partial charge < -0.3 is 17.7 Å². The van der Waals surface area contributed by atoms with Crippen molar-refractivity contribution in [2.75, 3.05) is 6.61 Å². The summed E-state index contributed by atoms with van der Waals surface area (Å²) in [5, 5.41) is 0. The van der Waals surface area contributed by atoms with Crippen molar-refractivity contribution in [2.24, 2.45) is 0 Å². The van der Waals surface area contributed by atoms with Crippen LogP contribution in [-0.4, -0.2) is 19.6 Å².